The lowest BCUT2D eigenvalue weighted by molar-refractivity contribution is 0.256. The Morgan fingerprint density at radius 3 is 2.21 bits per heavy atom. The van der Waals surface area contributed by atoms with Crippen LogP contribution in [0.1, 0.15) is 34.1 Å². The third-order valence-corrected chi connectivity index (χ3v) is 4.98. The molecule has 0 aromatic carbocycles. The average molecular weight is 218 g/mol. The van der Waals surface area contributed by atoms with Gasteiger partial charge in [0, 0.05) is 12.6 Å². The Balaban J connectivity index is 5.07. The van der Waals surface area contributed by atoms with Crippen molar-refractivity contribution in [2.24, 2.45) is 0 Å². The minimum atomic E-state index is -3.49. The Morgan fingerprint density at radius 2 is 1.93 bits per heavy atom. The maximum atomic E-state index is 11.8. The number of nitriles is 1. The maximum Gasteiger partial charge on any atom is 0.230 e. The fourth-order valence-electron chi connectivity index (χ4n) is 0.871. The third kappa shape index (κ3) is 2.46. The molecule has 0 heterocycles. The van der Waals surface area contributed by atoms with Crippen molar-refractivity contribution in [2.75, 3.05) is 7.05 Å². The van der Waals surface area contributed by atoms with E-state index in [4.69, 9.17) is 5.26 Å². The second-order valence-electron chi connectivity index (χ2n) is 3.95. The van der Waals surface area contributed by atoms with Gasteiger partial charge in [0.25, 0.3) is 0 Å². The van der Waals surface area contributed by atoms with Crippen LogP contribution in [0.3, 0.4) is 0 Å². The van der Waals surface area contributed by atoms with Crippen LogP contribution in [0.4, 0.5) is 0 Å². The van der Waals surface area contributed by atoms with Crippen LogP contribution in [-0.2, 0) is 10.0 Å². The zero-order valence-electron chi connectivity index (χ0n) is 9.40. The first-order chi connectivity index (χ1) is 6.20. The summed E-state index contributed by atoms with van der Waals surface area (Å²) in [4.78, 5) is 0. The summed E-state index contributed by atoms with van der Waals surface area (Å²) >= 11 is 0. The summed E-state index contributed by atoms with van der Waals surface area (Å²) in [6, 6.07) is 1.75. The SMILES string of the molecule is CCC(C)(C)N(C)S(=O)(=O)C(C)C#N. The van der Waals surface area contributed by atoms with Gasteiger partial charge in [-0.05, 0) is 27.2 Å². The molecule has 1 atom stereocenters. The van der Waals surface area contributed by atoms with Crippen LogP contribution in [0.2, 0.25) is 0 Å². The largest absolute Gasteiger partial charge is 0.230 e. The van der Waals surface area contributed by atoms with E-state index in [0.717, 1.165) is 0 Å². The molecular weight excluding hydrogens is 200 g/mol. The molecule has 82 valence electrons. The van der Waals surface area contributed by atoms with E-state index in [9.17, 15) is 8.42 Å². The number of rotatable bonds is 4. The van der Waals surface area contributed by atoms with Crippen molar-refractivity contribution in [3.8, 4) is 6.07 Å². The molecule has 0 bridgehead atoms. The summed E-state index contributed by atoms with van der Waals surface area (Å²) in [6.45, 7) is 7.00. The van der Waals surface area contributed by atoms with Gasteiger partial charge in [-0.25, -0.2) is 8.42 Å². The van der Waals surface area contributed by atoms with Crippen LogP contribution in [-0.4, -0.2) is 30.6 Å². The molecule has 0 aliphatic heterocycles. The predicted octanol–water partition coefficient (Wildman–Crippen LogP) is 1.35. The molecule has 4 nitrogen and oxygen atoms in total. The molecule has 0 aliphatic carbocycles. The Kier molecular flexibility index (Phi) is 4.10. The van der Waals surface area contributed by atoms with Gasteiger partial charge in [0.1, 0.15) is 0 Å². The van der Waals surface area contributed by atoms with Crippen molar-refractivity contribution in [1.29, 1.82) is 5.26 Å². The Bertz CT molecular complexity index is 327. The van der Waals surface area contributed by atoms with E-state index in [1.54, 1.807) is 6.07 Å². The lowest BCUT2D eigenvalue weighted by atomic mass is 10.0. The minimum absolute atomic E-state index is 0.441. The molecule has 0 saturated heterocycles. The summed E-state index contributed by atoms with van der Waals surface area (Å²) in [5, 5.41) is 7.61. The van der Waals surface area contributed by atoms with Crippen molar-refractivity contribution in [2.45, 2.75) is 44.9 Å². The summed E-state index contributed by atoms with van der Waals surface area (Å²) in [6.07, 6.45) is 0.709. The van der Waals surface area contributed by atoms with Crippen molar-refractivity contribution in [3.05, 3.63) is 0 Å². The molecule has 0 radical (unpaired) electrons. The van der Waals surface area contributed by atoms with Crippen molar-refractivity contribution in [3.63, 3.8) is 0 Å². The van der Waals surface area contributed by atoms with E-state index in [2.05, 4.69) is 0 Å². The van der Waals surface area contributed by atoms with E-state index in [-0.39, 0.29) is 0 Å². The van der Waals surface area contributed by atoms with Crippen molar-refractivity contribution >= 4 is 10.0 Å². The zero-order chi connectivity index (χ0) is 11.6. The van der Waals surface area contributed by atoms with E-state index >= 15 is 0 Å². The fourth-order valence-corrected chi connectivity index (χ4v) is 2.30. The van der Waals surface area contributed by atoms with E-state index in [1.165, 1.54) is 18.3 Å². The second-order valence-corrected chi connectivity index (χ2v) is 6.23. The quantitative estimate of drug-likeness (QED) is 0.715. The highest BCUT2D eigenvalue weighted by Gasteiger charge is 2.35. The average Bonchev–Trinajstić information content (AvgIpc) is 2.15. The van der Waals surface area contributed by atoms with Gasteiger partial charge in [-0.15, -0.1) is 0 Å². The summed E-state index contributed by atoms with van der Waals surface area (Å²) in [5.74, 6) is 0. The van der Waals surface area contributed by atoms with E-state index in [1.807, 2.05) is 20.8 Å². The smallest absolute Gasteiger partial charge is 0.211 e. The molecule has 0 saturated carbocycles. The normalized spacial score (nSPS) is 15.2. The second kappa shape index (κ2) is 4.28. The fraction of sp³-hybridized carbons (Fsp3) is 0.889. The molecule has 0 N–H and O–H groups in total. The van der Waals surface area contributed by atoms with Crippen LogP contribution in [0.25, 0.3) is 0 Å². The Labute approximate surface area is 86.6 Å². The topological polar surface area (TPSA) is 61.2 Å². The number of hydrogen-bond acceptors (Lipinski definition) is 3. The van der Waals surface area contributed by atoms with Crippen molar-refractivity contribution in [1.82, 2.24) is 4.31 Å². The first-order valence-corrected chi connectivity index (χ1v) is 6.08. The van der Waals surface area contributed by atoms with Gasteiger partial charge in [0.2, 0.25) is 10.0 Å². The van der Waals surface area contributed by atoms with Crippen LogP contribution < -0.4 is 0 Å². The van der Waals surface area contributed by atoms with Crippen LogP contribution in [0.5, 0.6) is 0 Å². The van der Waals surface area contributed by atoms with Crippen molar-refractivity contribution < 1.29 is 8.42 Å². The summed E-state index contributed by atoms with van der Waals surface area (Å²) in [5.41, 5.74) is -0.441. The van der Waals surface area contributed by atoms with Gasteiger partial charge < -0.3 is 0 Å². The summed E-state index contributed by atoms with van der Waals surface area (Å²) < 4.78 is 24.8. The number of sulfonamides is 1. The monoisotopic (exact) mass is 218 g/mol. The summed E-state index contributed by atoms with van der Waals surface area (Å²) in [7, 11) is -1.97. The van der Waals surface area contributed by atoms with Gasteiger partial charge in [-0.3, -0.25) is 0 Å². The maximum absolute atomic E-state index is 11.8. The van der Waals surface area contributed by atoms with E-state index in [0.29, 0.717) is 6.42 Å². The molecule has 0 aromatic heterocycles. The molecule has 0 amide bonds. The molecule has 0 rings (SSSR count). The Morgan fingerprint density at radius 1 is 1.50 bits per heavy atom. The van der Waals surface area contributed by atoms with Gasteiger partial charge in [0.05, 0.1) is 6.07 Å². The minimum Gasteiger partial charge on any atom is -0.211 e. The molecule has 0 aliphatic rings. The Hall–Kier alpha value is -0.600. The third-order valence-electron chi connectivity index (χ3n) is 2.73. The number of nitrogens with zero attached hydrogens (tertiary/aromatic N) is 2. The molecule has 0 spiro atoms. The van der Waals surface area contributed by atoms with Crippen LogP contribution in [0, 0.1) is 11.3 Å². The zero-order valence-corrected chi connectivity index (χ0v) is 10.2. The van der Waals surface area contributed by atoms with Gasteiger partial charge in [-0.2, -0.15) is 9.57 Å². The highest BCUT2D eigenvalue weighted by Crippen LogP contribution is 2.22. The molecule has 0 fully saturated rings. The van der Waals surface area contributed by atoms with Gasteiger partial charge >= 0.3 is 0 Å². The van der Waals surface area contributed by atoms with Gasteiger partial charge in [-0.1, -0.05) is 6.92 Å². The highest BCUT2D eigenvalue weighted by molar-refractivity contribution is 7.90. The molecule has 0 aromatic rings. The lowest BCUT2D eigenvalue weighted by Gasteiger charge is -2.34. The van der Waals surface area contributed by atoms with Crippen LogP contribution in [0.15, 0.2) is 0 Å². The predicted molar refractivity (Wildman–Crippen MR) is 56.1 cm³/mol. The highest BCUT2D eigenvalue weighted by atomic mass is 32.2. The first kappa shape index (κ1) is 13.4. The van der Waals surface area contributed by atoms with Crippen LogP contribution >= 0.6 is 0 Å². The lowest BCUT2D eigenvalue weighted by Crippen LogP contribution is -2.47. The standard InChI is InChI=1S/C9H18N2O2S/c1-6-9(3,4)11(5)14(12,13)8(2)7-10/h8H,6H2,1-5H3. The molecule has 1 unspecified atom stereocenters. The van der Waals surface area contributed by atoms with Gasteiger partial charge in [0.15, 0.2) is 5.25 Å². The first-order valence-electron chi connectivity index (χ1n) is 4.57. The van der Waals surface area contributed by atoms with E-state index < -0.39 is 20.8 Å². The molecule has 14 heavy (non-hydrogen) atoms. The molecular formula is C9H18N2O2S. The molecule has 5 heteroatoms. The number of hydrogen-bond donors (Lipinski definition) is 0.